The highest BCUT2D eigenvalue weighted by molar-refractivity contribution is 5.86. The van der Waals surface area contributed by atoms with E-state index in [1.165, 1.54) is 4.90 Å². The minimum absolute atomic E-state index is 0. The number of anilines is 1. The molecule has 0 aliphatic heterocycles. The number of carbonyl (C=O) groups is 2. The second kappa shape index (κ2) is 8.63. The Morgan fingerprint density at radius 3 is 2.67 bits per heavy atom. The van der Waals surface area contributed by atoms with Crippen molar-refractivity contribution in [3.8, 4) is 0 Å². The average Bonchev–Trinajstić information content (AvgIpc) is 2.51. The van der Waals surface area contributed by atoms with Gasteiger partial charge in [-0.1, -0.05) is 26.8 Å². The molecule has 0 saturated heterocycles. The third kappa shape index (κ3) is 5.81. The summed E-state index contributed by atoms with van der Waals surface area (Å²) in [6.45, 7) is 8.01. The molecule has 1 unspecified atom stereocenters. The quantitative estimate of drug-likeness (QED) is 0.802. The number of aromatic nitrogens is 1. The highest BCUT2D eigenvalue weighted by Gasteiger charge is 2.26. The first-order valence-corrected chi connectivity index (χ1v) is 7.85. The smallest absolute Gasteiger partial charge is 0.415 e. The second-order valence-corrected chi connectivity index (χ2v) is 6.63. The van der Waals surface area contributed by atoms with Crippen LogP contribution in [0.15, 0.2) is 18.3 Å². The van der Waals surface area contributed by atoms with E-state index in [1.807, 2.05) is 27.7 Å². The Morgan fingerprint density at radius 2 is 2.08 bits per heavy atom. The summed E-state index contributed by atoms with van der Waals surface area (Å²) in [6, 6.07) is 3.48. The van der Waals surface area contributed by atoms with Crippen molar-refractivity contribution in [1.29, 1.82) is 0 Å². The SMILES string of the molecule is CNCC(=O)OCc1cccnc1N(C)C(=O)OC(C)C(C)(C)C.[HH]. The molecule has 0 aliphatic rings. The van der Waals surface area contributed by atoms with E-state index in [9.17, 15) is 9.59 Å². The van der Waals surface area contributed by atoms with E-state index in [1.54, 1.807) is 32.4 Å². The maximum Gasteiger partial charge on any atom is 0.415 e. The topological polar surface area (TPSA) is 80.8 Å². The minimum Gasteiger partial charge on any atom is -0.460 e. The number of nitrogens with one attached hydrogen (secondary N) is 1. The third-order valence-electron chi connectivity index (χ3n) is 3.67. The monoisotopic (exact) mass is 339 g/mol. The van der Waals surface area contributed by atoms with Gasteiger partial charge in [0.1, 0.15) is 18.5 Å². The van der Waals surface area contributed by atoms with Gasteiger partial charge in [0.2, 0.25) is 0 Å². The van der Waals surface area contributed by atoms with Gasteiger partial charge >= 0.3 is 12.1 Å². The molecule has 0 aliphatic carbocycles. The predicted octanol–water partition coefficient (Wildman–Crippen LogP) is 2.60. The van der Waals surface area contributed by atoms with E-state index in [0.717, 1.165) is 0 Å². The number of hydrogen-bond donors (Lipinski definition) is 1. The summed E-state index contributed by atoms with van der Waals surface area (Å²) in [5, 5.41) is 2.72. The highest BCUT2D eigenvalue weighted by Crippen LogP contribution is 2.24. The molecule has 1 N–H and O–H groups in total. The third-order valence-corrected chi connectivity index (χ3v) is 3.67. The Hall–Kier alpha value is -2.15. The fourth-order valence-corrected chi connectivity index (χ4v) is 1.69. The largest absolute Gasteiger partial charge is 0.460 e. The van der Waals surface area contributed by atoms with Crippen molar-refractivity contribution in [2.45, 2.75) is 40.4 Å². The van der Waals surface area contributed by atoms with E-state index in [2.05, 4.69) is 10.3 Å². The zero-order valence-corrected chi connectivity index (χ0v) is 15.3. The van der Waals surface area contributed by atoms with Crippen LogP contribution in [0.5, 0.6) is 0 Å². The molecule has 0 radical (unpaired) electrons. The van der Waals surface area contributed by atoms with Gasteiger partial charge in [-0.15, -0.1) is 0 Å². The lowest BCUT2D eigenvalue weighted by Crippen LogP contribution is -2.36. The Kier molecular flexibility index (Phi) is 7.16. The van der Waals surface area contributed by atoms with E-state index in [0.29, 0.717) is 11.4 Å². The van der Waals surface area contributed by atoms with Gasteiger partial charge in [0, 0.05) is 20.2 Å². The van der Waals surface area contributed by atoms with Crippen molar-refractivity contribution in [1.82, 2.24) is 10.3 Å². The molecule has 0 saturated carbocycles. The lowest BCUT2D eigenvalue weighted by Gasteiger charge is -2.29. The maximum absolute atomic E-state index is 12.3. The fraction of sp³-hybridized carbons (Fsp3) is 0.588. The molecule has 1 amide bonds. The first-order chi connectivity index (χ1) is 11.2. The summed E-state index contributed by atoms with van der Waals surface area (Å²) in [4.78, 5) is 29.4. The summed E-state index contributed by atoms with van der Waals surface area (Å²) < 4.78 is 10.6. The molecule has 24 heavy (non-hydrogen) atoms. The zero-order chi connectivity index (χ0) is 18.3. The van der Waals surface area contributed by atoms with Gasteiger partial charge < -0.3 is 14.8 Å². The number of nitrogens with zero attached hydrogens (tertiary/aromatic N) is 2. The molecule has 1 aromatic rings. The van der Waals surface area contributed by atoms with Gasteiger partial charge in [0.05, 0.1) is 6.54 Å². The Bertz CT molecular complexity index is 575. The Morgan fingerprint density at radius 1 is 1.42 bits per heavy atom. The number of ether oxygens (including phenoxy) is 2. The van der Waals surface area contributed by atoms with Crippen molar-refractivity contribution in [2.75, 3.05) is 25.5 Å². The molecule has 0 bridgehead atoms. The standard InChI is InChI=1S/C17H27N3O4.H2/c1-12(17(2,3)4)24-16(22)20(6)15-13(8-7-9-19-15)11-23-14(21)10-18-5;/h7-9,12,18H,10-11H2,1-6H3;1H. The maximum atomic E-state index is 12.3. The lowest BCUT2D eigenvalue weighted by molar-refractivity contribution is -0.143. The summed E-state index contributed by atoms with van der Waals surface area (Å²) in [5.74, 6) is 0.0276. The van der Waals surface area contributed by atoms with E-state index < -0.39 is 6.09 Å². The Balaban J connectivity index is 0.00000576. The van der Waals surface area contributed by atoms with Crippen LogP contribution in [0.2, 0.25) is 0 Å². The first-order valence-electron chi connectivity index (χ1n) is 7.85. The summed E-state index contributed by atoms with van der Waals surface area (Å²) in [5.41, 5.74) is 0.469. The first kappa shape index (κ1) is 19.9. The van der Waals surface area contributed by atoms with Gasteiger partial charge in [-0.2, -0.15) is 0 Å². The van der Waals surface area contributed by atoms with Crippen LogP contribution >= 0.6 is 0 Å². The minimum atomic E-state index is -0.501. The molecule has 1 heterocycles. The Labute approximate surface area is 144 Å². The van der Waals surface area contributed by atoms with Crippen LogP contribution in [0.4, 0.5) is 10.6 Å². The summed E-state index contributed by atoms with van der Waals surface area (Å²) in [6.07, 6.45) is 0.817. The van der Waals surface area contributed by atoms with Gasteiger partial charge in [0.25, 0.3) is 0 Å². The number of hydrogen-bond acceptors (Lipinski definition) is 6. The lowest BCUT2D eigenvalue weighted by atomic mass is 9.90. The van der Waals surface area contributed by atoms with Crippen LogP contribution in [-0.2, 0) is 20.9 Å². The van der Waals surface area contributed by atoms with Crippen LogP contribution in [0.25, 0.3) is 0 Å². The van der Waals surface area contributed by atoms with Crippen LogP contribution < -0.4 is 10.2 Å². The van der Waals surface area contributed by atoms with Gasteiger partial charge in [-0.25, -0.2) is 9.78 Å². The van der Waals surface area contributed by atoms with Crippen molar-refractivity contribution >= 4 is 17.9 Å². The molecular formula is C17H29N3O4. The van der Waals surface area contributed by atoms with Crippen molar-refractivity contribution < 1.29 is 20.5 Å². The normalized spacial score (nSPS) is 12.4. The van der Waals surface area contributed by atoms with Crippen LogP contribution in [0.3, 0.4) is 0 Å². The average molecular weight is 339 g/mol. The number of rotatable bonds is 6. The number of amides is 1. The molecule has 1 rings (SSSR count). The van der Waals surface area contributed by atoms with Crippen LogP contribution in [0, 0.1) is 5.41 Å². The van der Waals surface area contributed by atoms with E-state index >= 15 is 0 Å². The molecule has 7 nitrogen and oxygen atoms in total. The number of carbonyl (C=O) groups excluding carboxylic acids is 2. The highest BCUT2D eigenvalue weighted by atomic mass is 16.6. The zero-order valence-electron chi connectivity index (χ0n) is 15.3. The molecule has 7 heteroatoms. The fourth-order valence-electron chi connectivity index (χ4n) is 1.69. The van der Waals surface area contributed by atoms with Crippen LogP contribution in [0.1, 0.15) is 34.7 Å². The van der Waals surface area contributed by atoms with Crippen molar-refractivity contribution in [3.05, 3.63) is 23.9 Å². The van der Waals surface area contributed by atoms with E-state index in [-0.39, 0.29) is 32.1 Å². The number of likely N-dealkylation sites (N-methyl/N-ethyl adjacent to an activating group) is 1. The van der Waals surface area contributed by atoms with Crippen molar-refractivity contribution in [3.63, 3.8) is 0 Å². The van der Waals surface area contributed by atoms with Crippen molar-refractivity contribution in [2.24, 2.45) is 5.41 Å². The summed E-state index contributed by atoms with van der Waals surface area (Å²) >= 11 is 0. The molecular weight excluding hydrogens is 310 g/mol. The van der Waals surface area contributed by atoms with Crippen LogP contribution in [-0.4, -0.2) is 43.8 Å². The molecule has 1 atom stereocenters. The molecule has 1 aromatic heterocycles. The number of pyridine rings is 1. The van der Waals surface area contributed by atoms with Gasteiger partial charge in [-0.05, 0) is 25.5 Å². The molecule has 0 aromatic carbocycles. The molecule has 0 fully saturated rings. The second-order valence-electron chi connectivity index (χ2n) is 6.63. The summed E-state index contributed by atoms with van der Waals surface area (Å²) in [7, 11) is 3.25. The van der Waals surface area contributed by atoms with Gasteiger partial charge in [0.15, 0.2) is 0 Å². The molecule has 136 valence electrons. The molecule has 0 spiro atoms. The van der Waals surface area contributed by atoms with Gasteiger partial charge in [-0.3, -0.25) is 9.69 Å². The van der Waals surface area contributed by atoms with E-state index in [4.69, 9.17) is 9.47 Å². The number of esters is 1. The predicted molar refractivity (Wildman–Crippen MR) is 93.9 cm³/mol.